The molecule has 0 radical (unpaired) electrons. The lowest BCUT2D eigenvalue weighted by Gasteiger charge is -2.30. The molecule has 1 saturated heterocycles. The lowest BCUT2D eigenvalue weighted by atomic mass is 10.2. The second-order valence-corrected chi connectivity index (χ2v) is 8.99. The minimum Gasteiger partial charge on any atom is -0.411 e. The standard InChI is InChI=1S/C19H21F3N8OS/c1-2-3-12-8-13-15(23-18(24-16(13)32-12)29-5-4-11(9-29)27-31)28-6-7-30-14(10-28)25-26-17(30)19(20,21)22/h8,31H,2-7,9-10H2,1H3/b27-11+. The van der Waals surface area contributed by atoms with Crippen LogP contribution in [0.3, 0.4) is 0 Å². The normalized spacial score (nSPS) is 18.2. The average molecular weight is 466 g/mol. The molecule has 1 N–H and O–H groups in total. The highest BCUT2D eigenvalue weighted by molar-refractivity contribution is 7.18. The van der Waals surface area contributed by atoms with Crippen LogP contribution in [0.2, 0.25) is 0 Å². The molecule has 3 aromatic heterocycles. The first-order valence-electron chi connectivity index (χ1n) is 10.4. The van der Waals surface area contributed by atoms with Crippen LogP contribution < -0.4 is 9.80 Å². The number of thiophene rings is 1. The van der Waals surface area contributed by atoms with Gasteiger partial charge in [-0.25, -0.2) is 4.98 Å². The molecule has 2 aliphatic rings. The molecule has 0 saturated carbocycles. The fourth-order valence-corrected chi connectivity index (χ4v) is 5.26. The van der Waals surface area contributed by atoms with Gasteiger partial charge in [0.2, 0.25) is 11.8 Å². The summed E-state index contributed by atoms with van der Waals surface area (Å²) in [7, 11) is 0. The van der Waals surface area contributed by atoms with Gasteiger partial charge < -0.3 is 19.6 Å². The molecule has 5 heterocycles. The Bertz CT molecular complexity index is 1190. The summed E-state index contributed by atoms with van der Waals surface area (Å²) in [5.74, 6) is 0.506. The second-order valence-electron chi connectivity index (χ2n) is 7.88. The van der Waals surface area contributed by atoms with E-state index in [1.807, 2.05) is 9.80 Å². The van der Waals surface area contributed by atoms with Gasteiger partial charge in [-0.15, -0.1) is 21.5 Å². The number of fused-ring (bicyclic) bond motifs is 2. The molecule has 0 spiro atoms. The SMILES string of the molecule is CCCc1cc2c(N3CCn4c(nnc4C(F)(F)F)C3)nc(N3CC/C(=N\O)C3)nc2s1. The van der Waals surface area contributed by atoms with E-state index in [1.54, 1.807) is 11.3 Å². The Balaban J connectivity index is 1.54. The summed E-state index contributed by atoms with van der Waals surface area (Å²) in [6.07, 6.45) is -1.99. The van der Waals surface area contributed by atoms with Crippen molar-refractivity contribution in [3.05, 3.63) is 22.6 Å². The summed E-state index contributed by atoms with van der Waals surface area (Å²) >= 11 is 1.61. The van der Waals surface area contributed by atoms with E-state index in [2.05, 4.69) is 28.3 Å². The zero-order valence-corrected chi connectivity index (χ0v) is 18.1. The molecule has 3 aromatic rings. The number of nitrogens with zero attached hydrogens (tertiary/aromatic N) is 8. The minimum atomic E-state index is -4.53. The van der Waals surface area contributed by atoms with E-state index in [9.17, 15) is 13.2 Å². The van der Waals surface area contributed by atoms with E-state index in [4.69, 9.17) is 15.2 Å². The van der Waals surface area contributed by atoms with Crippen molar-refractivity contribution in [1.82, 2.24) is 24.7 Å². The molecule has 1 fully saturated rings. The number of alkyl halides is 3. The number of anilines is 2. The number of rotatable bonds is 4. The van der Waals surface area contributed by atoms with E-state index >= 15 is 0 Å². The van der Waals surface area contributed by atoms with Crippen molar-refractivity contribution in [2.24, 2.45) is 5.16 Å². The topological polar surface area (TPSA) is 95.6 Å². The highest BCUT2D eigenvalue weighted by Gasteiger charge is 2.40. The number of oxime groups is 1. The highest BCUT2D eigenvalue weighted by Crippen LogP contribution is 2.36. The summed E-state index contributed by atoms with van der Waals surface area (Å²) in [6, 6.07) is 2.08. The molecule has 5 rings (SSSR count). The van der Waals surface area contributed by atoms with Crippen LogP contribution in [0.25, 0.3) is 10.2 Å². The Hall–Kier alpha value is -2.96. The number of hydrogen-bond acceptors (Lipinski definition) is 9. The predicted molar refractivity (Wildman–Crippen MR) is 114 cm³/mol. The lowest BCUT2D eigenvalue weighted by molar-refractivity contribution is -0.147. The number of aromatic nitrogens is 5. The predicted octanol–water partition coefficient (Wildman–Crippen LogP) is 3.31. The van der Waals surface area contributed by atoms with Crippen molar-refractivity contribution in [2.75, 3.05) is 29.4 Å². The molecule has 170 valence electrons. The summed E-state index contributed by atoms with van der Waals surface area (Å²) in [6.45, 7) is 3.84. The zero-order chi connectivity index (χ0) is 22.5. The van der Waals surface area contributed by atoms with Crippen LogP contribution in [0.4, 0.5) is 24.9 Å². The van der Waals surface area contributed by atoms with Gasteiger partial charge in [0.25, 0.3) is 0 Å². The summed E-state index contributed by atoms with van der Waals surface area (Å²) < 4.78 is 40.8. The van der Waals surface area contributed by atoms with E-state index in [0.29, 0.717) is 43.5 Å². The van der Waals surface area contributed by atoms with Crippen molar-refractivity contribution in [3.63, 3.8) is 0 Å². The van der Waals surface area contributed by atoms with Crippen LogP contribution >= 0.6 is 11.3 Å². The number of hydrogen-bond donors (Lipinski definition) is 1. The van der Waals surface area contributed by atoms with E-state index in [0.717, 1.165) is 27.6 Å². The van der Waals surface area contributed by atoms with Crippen molar-refractivity contribution in [1.29, 1.82) is 0 Å². The van der Waals surface area contributed by atoms with Crippen LogP contribution in [0, 0.1) is 0 Å². The van der Waals surface area contributed by atoms with Crippen molar-refractivity contribution in [3.8, 4) is 0 Å². The van der Waals surface area contributed by atoms with Gasteiger partial charge in [0.1, 0.15) is 10.6 Å². The molecule has 0 amide bonds. The number of aryl methyl sites for hydroxylation is 1. The van der Waals surface area contributed by atoms with Crippen LogP contribution in [-0.4, -0.2) is 55.3 Å². The molecule has 2 aliphatic heterocycles. The van der Waals surface area contributed by atoms with Crippen molar-refractivity contribution >= 4 is 39.0 Å². The van der Waals surface area contributed by atoms with Crippen molar-refractivity contribution < 1.29 is 18.4 Å². The first kappa shape index (κ1) is 20.9. The molecular formula is C19H21F3N8OS. The first-order valence-corrected chi connectivity index (χ1v) is 11.2. The Kier molecular flexibility index (Phi) is 5.14. The molecule has 13 heteroatoms. The maximum atomic E-state index is 13.2. The van der Waals surface area contributed by atoms with E-state index in [-0.39, 0.29) is 18.9 Å². The maximum Gasteiger partial charge on any atom is 0.451 e. The zero-order valence-electron chi connectivity index (χ0n) is 17.3. The molecular weight excluding hydrogens is 445 g/mol. The van der Waals surface area contributed by atoms with Crippen LogP contribution in [0.15, 0.2) is 11.2 Å². The molecule has 32 heavy (non-hydrogen) atoms. The summed E-state index contributed by atoms with van der Waals surface area (Å²) in [5.41, 5.74) is 0.666. The maximum absolute atomic E-state index is 13.2. The molecule has 0 unspecified atom stereocenters. The smallest absolute Gasteiger partial charge is 0.411 e. The Morgan fingerprint density at radius 2 is 1.97 bits per heavy atom. The fraction of sp³-hybridized carbons (Fsp3) is 0.526. The first-order chi connectivity index (χ1) is 15.4. The third kappa shape index (κ3) is 3.63. The Morgan fingerprint density at radius 3 is 2.69 bits per heavy atom. The molecule has 0 bridgehead atoms. The minimum absolute atomic E-state index is 0.120. The summed E-state index contributed by atoms with van der Waals surface area (Å²) in [4.78, 5) is 15.5. The Labute approximate surface area is 185 Å². The van der Waals surface area contributed by atoms with Gasteiger partial charge >= 0.3 is 6.18 Å². The third-order valence-electron chi connectivity index (χ3n) is 5.68. The lowest BCUT2D eigenvalue weighted by Crippen LogP contribution is -2.36. The van der Waals surface area contributed by atoms with Gasteiger partial charge in [0.15, 0.2) is 5.82 Å². The third-order valence-corrected chi connectivity index (χ3v) is 6.77. The largest absolute Gasteiger partial charge is 0.451 e. The van der Waals surface area contributed by atoms with Gasteiger partial charge in [0, 0.05) is 30.9 Å². The van der Waals surface area contributed by atoms with Gasteiger partial charge in [-0.3, -0.25) is 0 Å². The van der Waals surface area contributed by atoms with Crippen LogP contribution in [0.1, 0.15) is 36.3 Å². The fourth-order valence-electron chi connectivity index (χ4n) is 4.14. The van der Waals surface area contributed by atoms with E-state index < -0.39 is 12.0 Å². The monoisotopic (exact) mass is 466 g/mol. The summed E-state index contributed by atoms with van der Waals surface area (Å²) in [5, 5.41) is 20.5. The number of halogens is 3. The molecule has 0 aliphatic carbocycles. The van der Waals surface area contributed by atoms with Crippen molar-refractivity contribution in [2.45, 2.75) is 45.5 Å². The second kappa shape index (κ2) is 7.87. The molecule has 0 atom stereocenters. The van der Waals surface area contributed by atoms with Crippen LogP contribution in [0.5, 0.6) is 0 Å². The van der Waals surface area contributed by atoms with Gasteiger partial charge in [-0.2, -0.15) is 18.2 Å². The Morgan fingerprint density at radius 1 is 1.12 bits per heavy atom. The van der Waals surface area contributed by atoms with Gasteiger partial charge in [-0.1, -0.05) is 18.5 Å². The van der Waals surface area contributed by atoms with E-state index in [1.165, 1.54) is 4.88 Å². The van der Waals surface area contributed by atoms with Crippen LogP contribution in [-0.2, 0) is 25.7 Å². The molecule has 0 aromatic carbocycles. The average Bonchev–Trinajstić information content (AvgIpc) is 3.49. The van der Waals surface area contributed by atoms with Gasteiger partial charge in [0.05, 0.1) is 24.2 Å². The van der Waals surface area contributed by atoms with Gasteiger partial charge in [-0.05, 0) is 12.5 Å². The highest BCUT2D eigenvalue weighted by atomic mass is 32.1. The molecule has 9 nitrogen and oxygen atoms in total. The quantitative estimate of drug-likeness (QED) is 0.466.